The molecule has 0 aliphatic carbocycles. The zero-order valence-corrected chi connectivity index (χ0v) is 11.4. The maximum absolute atomic E-state index is 13.7. The van der Waals surface area contributed by atoms with Crippen LogP contribution >= 0.6 is 0 Å². The first-order chi connectivity index (χ1) is 10.1. The van der Waals surface area contributed by atoms with Crippen molar-refractivity contribution >= 4 is 12.4 Å². The van der Waals surface area contributed by atoms with E-state index in [9.17, 15) is 13.2 Å². The number of nitrogens with zero attached hydrogens (tertiary/aromatic N) is 2. The Kier molecular flexibility index (Phi) is 4.87. The van der Waals surface area contributed by atoms with Crippen molar-refractivity contribution < 1.29 is 13.2 Å². The topological polar surface area (TPSA) is 24.7 Å². The lowest BCUT2D eigenvalue weighted by atomic mass is 10.1. The Bertz CT molecular complexity index is 653. The molecule has 0 heterocycles. The van der Waals surface area contributed by atoms with Crippen LogP contribution in [0.5, 0.6) is 0 Å². The molecular formula is C16H13F3N2. The van der Waals surface area contributed by atoms with E-state index in [1.807, 2.05) is 6.92 Å². The molecule has 0 aliphatic heterocycles. The second-order valence-corrected chi connectivity index (χ2v) is 4.37. The molecule has 0 atom stereocenters. The van der Waals surface area contributed by atoms with Gasteiger partial charge in [0.1, 0.15) is 17.5 Å². The summed E-state index contributed by atoms with van der Waals surface area (Å²) in [6, 6.07) is 8.15. The van der Waals surface area contributed by atoms with Crippen molar-refractivity contribution in [1.82, 2.24) is 0 Å². The van der Waals surface area contributed by atoms with E-state index in [1.54, 1.807) is 0 Å². The zero-order valence-electron chi connectivity index (χ0n) is 11.4. The fourth-order valence-corrected chi connectivity index (χ4v) is 1.70. The van der Waals surface area contributed by atoms with E-state index < -0.39 is 11.6 Å². The Morgan fingerprint density at radius 3 is 2.05 bits per heavy atom. The smallest absolute Gasteiger partial charge is 0.135 e. The van der Waals surface area contributed by atoms with Gasteiger partial charge in [0.2, 0.25) is 0 Å². The number of benzene rings is 2. The van der Waals surface area contributed by atoms with Crippen molar-refractivity contribution in [2.75, 3.05) is 0 Å². The summed E-state index contributed by atoms with van der Waals surface area (Å²) in [6.07, 6.45) is 2.93. The van der Waals surface area contributed by atoms with Crippen LogP contribution in [0.3, 0.4) is 0 Å². The van der Waals surface area contributed by atoms with E-state index in [-0.39, 0.29) is 11.4 Å². The Labute approximate surface area is 120 Å². The number of halogens is 3. The third kappa shape index (κ3) is 4.02. The normalized spacial score (nSPS) is 11.6. The summed E-state index contributed by atoms with van der Waals surface area (Å²) < 4.78 is 40.0. The molecule has 0 unspecified atom stereocenters. The molecule has 0 N–H and O–H groups in total. The van der Waals surface area contributed by atoms with Crippen LogP contribution in [0.15, 0.2) is 46.6 Å². The van der Waals surface area contributed by atoms with Gasteiger partial charge in [0.25, 0.3) is 0 Å². The quantitative estimate of drug-likeness (QED) is 0.598. The lowest BCUT2D eigenvalue weighted by molar-refractivity contribution is 0.577. The maximum atomic E-state index is 13.7. The standard InChI is InChI=1S/C16H13F3N2/c1-2-11-7-15(18)14(16(19)8-11)10-21-20-9-12-3-5-13(17)6-4-12/h3-10H,2H2,1H3/b20-9+,21-10+. The summed E-state index contributed by atoms with van der Waals surface area (Å²) in [5.74, 6) is -1.70. The molecule has 0 saturated heterocycles. The molecule has 21 heavy (non-hydrogen) atoms. The zero-order chi connectivity index (χ0) is 15.2. The molecule has 0 spiro atoms. The van der Waals surface area contributed by atoms with Crippen molar-refractivity contribution in [3.05, 3.63) is 70.5 Å². The minimum Gasteiger partial charge on any atom is -0.207 e. The molecule has 0 bridgehead atoms. The van der Waals surface area contributed by atoms with Crippen molar-refractivity contribution in [1.29, 1.82) is 0 Å². The van der Waals surface area contributed by atoms with Crippen LogP contribution in [-0.4, -0.2) is 12.4 Å². The summed E-state index contributed by atoms with van der Waals surface area (Å²) >= 11 is 0. The van der Waals surface area contributed by atoms with Crippen LogP contribution in [0.4, 0.5) is 13.2 Å². The second kappa shape index (κ2) is 6.83. The average molecular weight is 290 g/mol. The van der Waals surface area contributed by atoms with E-state index in [0.717, 1.165) is 6.21 Å². The van der Waals surface area contributed by atoms with Gasteiger partial charge in [0.15, 0.2) is 0 Å². The third-order valence-corrected chi connectivity index (χ3v) is 2.88. The monoisotopic (exact) mass is 290 g/mol. The number of aryl methyl sites for hydroxylation is 1. The van der Waals surface area contributed by atoms with Crippen LogP contribution in [-0.2, 0) is 6.42 Å². The summed E-state index contributed by atoms with van der Waals surface area (Å²) in [5.41, 5.74) is 0.983. The van der Waals surface area contributed by atoms with E-state index in [0.29, 0.717) is 17.5 Å². The molecule has 2 aromatic carbocycles. The molecule has 108 valence electrons. The second-order valence-electron chi connectivity index (χ2n) is 4.37. The van der Waals surface area contributed by atoms with Crippen LogP contribution in [0.1, 0.15) is 23.6 Å². The SMILES string of the molecule is CCc1cc(F)c(/C=N/N=C/c2ccc(F)cc2)c(F)c1. The Balaban J connectivity index is 2.13. The Morgan fingerprint density at radius 2 is 1.48 bits per heavy atom. The Morgan fingerprint density at radius 1 is 0.905 bits per heavy atom. The van der Waals surface area contributed by atoms with Gasteiger partial charge in [-0.15, -0.1) is 0 Å². The van der Waals surface area contributed by atoms with Gasteiger partial charge < -0.3 is 0 Å². The first kappa shape index (κ1) is 15.0. The van der Waals surface area contributed by atoms with Crippen LogP contribution < -0.4 is 0 Å². The first-order valence-corrected chi connectivity index (χ1v) is 6.40. The van der Waals surface area contributed by atoms with Gasteiger partial charge in [-0.1, -0.05) is 19.1 Å². The minimum absolute atomic E-state index is 0.233. The van der Waals surface area contributed by atoms with E-state index in [4.69, 9.17) is 0 Å². The predicted molar refractivity (Wildman–Crippen MR) is 77.3 cm³/mol. The highest BCUT2D eigenvalue weighted by Gasteiger charge is 2.08. The van der Waals surface area contributed by atoms with E-state index >= 15 is 0 Å². The van der Waals surface area contributed by atoms with Gasteiger partial charge in [-0.2, -0.15) is 10.2 Å². The molecule has 2 nitrogen and oxygen atoms in total. The molecule has 0 radical (unpaired) electrons. The molecule has 2 rings (SSSR count). The average Bonchev–Trinajstić information content (AvgIpc) is 2.47. The molecule has 0 saturated carbocycles. The molecule has 0 aliphatic rings. The van der Waals surface area contributed by atoms with Crippen LogP contribution in [0.2, 0.25) is 0 Å². The summed E-state index contributed by atoms with van der Waals surface area (Å²) in [4.78, 5) is 0. The van der Waals surface area contributed by atoms with Gasteiger partial charge in [-0.25, -0.2) is 13.2 Å². The molecule has 0 fully saturated rings. The molecule has 5 heteroatoms. The predicted octanol–water partition coefficient (Wildman–Crippen LogP) is 4.12. The lowest BCUT2D eigenvalue weighted by Crippen LogP contribution is -1.96. The van der Waals surface area contributed by atoms with Crippen molar-refractivity contribution in [3.8, 4) is 0 Å². The van der Waals surface area contributed by atoms with Crippen LogP contribution in [0.25, 0.3) is 0 Å². The van der Waals surface area contributed by atoms with Gasteiger partial charge in [-0.3, -0.25) is 0 Å². The fraction of sp³-hybridized carbons (Fsp3) is 0.125. The number of rotatable bonds is 4. The molecule has 2 aromatic rings. The van der Waals surface area contributed by atoms with Crippen molar-refractivity contribution in [2.45, 2.75) is 13.3 Å². The van der Waals surface area contributed by atoms with E-state index in [1.165, 1.54) is 42.6 Å². The molecule has 0 amide bonds. The largest absolute Gasteiger partial charge is 0.207 e. The van der Waals surface area contributed by atoms with Crippen molar-refractivity contribution in [3.63, 3.8) is 0 Å². The summed E-state index contributed by atoms with van der Waals surface area (Å²) in [7, 11) is 0. The number of hydrogen-bond donors (Lipinski definition) is 0. The van der Waals surface area contributed by atoms with Gasteiger partial charge in [0, 0.05) is 0 Å². The molecule has 0 aromatic heterocycles. The summed E-state index contributed by atoms with van der Waals surface area (Å²) in [5, 5.41) is 7.29. The van der Waals surface area contributed by atoms with Gasteiger partial charge >= 0.3 is 0 Å². The van der Waals surface area contributed by atoms with Gasteiger partial charge in [-0.05, 0) is 41.8 Å². The van der Waals surface area contributed by atoms with Crippen LogP contribution in [0, 0.1) is 17.5 Å². The lowest BCUT2D eigenvalue weighted by Gasteiger charge is -2.01. The fourth-order valence-electron chi connectivity index (χ4n) is 1.70. The highest BCUT2D eigenvalue weighted by atomic mass is 19.1. The summed E-state index contributed by atoms with van der Waals surface area (Å²) in [6.45, 7) is 1.81. The van der Waals surface area contributed by atoms with E-state index in [2.05, 4.69) is 10.2 Å². The molecular weight excluding hydrogens is 277 g/mol. The maximum Gasteiger partial charge on any atom is 0.135 e. The third-order valence-electron chi connectivity index (χ3n) is 2.88. The first-order valence-electron chi connectivity index (χ1n) is 6.40. The minimum atomic E-state index is -0.674. The highest BCUT2D eigenvalue weighted by Crippen LogP contribution is 2.14. The highest BCUT2D eigenvalue weighted by molar-refractivity contribution is 5.83. The Hall–Kier alpha value is -2.43. The van der Waals surface area contributed by atoms with Gasteiger partial charge in [0.05, 0.1) is 18.0 Å². The van der Waals surface area contributed by atoms with Crippen molar-refractivity contribution in [2.24, 2.45) is 10.2 Å². The number of hydrogen-bond acceptors (Lipinski definition) is 2.